The van der Waals surface area contributed by atoms with Crippen molar-refractivity contribution in [1.29, 1.82) is 0 Å². The Morgan fingerprint density at radius 2 is 2.21 bits per heavy atom. The van der Waals surface area contributed by atoms with E-state index in [-0.39, 0.29) is 5.54 Å². The topological polar surface area (TPSA) is 35.2 Å². The van der Waals surface area contributed by atoms with Gasteiger partial charge in [0.15, 0.2) is 0 Å². The normalized spacial score (nSPS) is 32.8. The molecule has 0 aromatic carbocycles. The van der Waals surface area contributed by atoms with Crippen LogP contribution in [-0.2, 0) is 4.74 Å². The van der Waals surface area contributed by atoms with Gasteiger partial charge >= 0.3 is 0 Å². The van der Waals surface area contributed by atoms with Crippen LogP contribution in [0.15, 0.2) is 0 Å². The van der Waals surface area contributed by atoms with Crippen LogP contribution < -0.4 is 5.73 Å². The van der Waals surface area contributed by atoms with Crippen LogP contribution in [-0.4, -0.2) is 18.2 Å². The predicted octanol–water partition coefficient (Wildman–Crippen LogP) is 2.71. The third kappa shape index (κ3) is 3.58. The third-order valence-corrected chi connectivity index (χ3v) is 3.37. The van der Waals surface area contributed by atoms with E-state index >= 15 is 0 Å². The van der Waals surface area contributed by atoms with Gasteiger partial charge in [0.1, 0.15) is 0 Å². The summed E-state index contributed by atoms with van der Waals surface area (Å²) >= 11 is 0. The highest BCUT2D eigenvalue weighted by Gasteiger charge is 2.34. The Morgan fingerprint density at radius 3 is 2.71 bits per heavy atom. The minimum absolute atomic E-state index is 0.0789. The summed E-state index contributed by atoms with van der Waals surface area (Å²) in [5.74, 6) is 0.860. The van der Waals surface area contributed by atoms with Gasteiger partial charge < -0.3 is 10.5 Å². The molecule has 0 saturated heterocycles. The van der Waals surface area contributed by atoms with E-state index in [2.05, 4.69) is 20.8 Å². The van der Waals surface area contributed by atoms with Crippen molar-refractivity contribution >= 4 is 0 Å². The van der Waals surface area contributed by atoms with E-state index in [1.165, 1.54) is 25.7 Å². The van der Waals surface area contributed by atoms with E-state index < -0.39 is 0 Å². The summed E-state index contributed by atoms with van der Waals surface area (Å²) in [5, 5.41) is 0. The lowest BCUT2D eigenvalue weighted by Gasteiger charge is -2.24. The summed E-state index contributed by atoms with van der Waals surface area (Å²) in [6.07, 6.45) is 6.35. The lowest BCUT2D eigenvalue weighted by molar-refractivity contribution is 0.0647. The summed E-state index contributed by atoms with van der Waals surface area (Å²) in [7, 11) is 0. The summed E-state index contributed by atoms with van der Waals surface area (Å²) in [5.41, 5.74) is 6.41. The lowest BCUT2D eigenvalue weighted by Crippen LogP contribution is -2.38. The van der Waals surface area contributed by atoms with Crippen molar-refractivity contribution in [2.24, 2.45) is 11.7 Å². The standard InChI is InChI=1S/C12H25NO/c1-4-11-5-6-12(13,9-11)7-8-14-10(2)3/h10-11H,4-9,13H2,1-3H3. The Morgan fingerprint density at radius 1 is 1.50 bits per heavy atom. The second-order valence-electron chi connectivity index (χ2n) is 5.05. The zero-order valence-electron chi connectivity index (χ0n) is 9.88. The van der Waals surface area contributed by atoms with Crippen molar-refractivity contribution in [3.63, 3.8) is 0 Å². The molecule has 0 bridgehead atoms. The van der Waals surface area contributed by atoms with Crippen LogP contribution in [0, 0.1) is 5.92 Å². The van der Waals surface area contributed by atoms with Gasteiger partial charge in [0, 0.05) is 12.1 Å². The zero-order valence-corrected chi connectivity index (χ0v) is 9.88. The number of hydrogen-bond donors (Lipinski definition) is 1. The average Bonchev–Trinajstić information content (AvgIpc) is 2.47. The molecule has 1 aliphatic carbocycles. The lowest BCUT2D eigenvalue weighted by atomic mass is 9.93. The van der Waals surface area contributed by atoms with Crippen molar-refractivity contribution in [3.05, 3.63) is 0 Å². The van der Waals surface area contributed by atoms with Gasteiger partial charge in [-0.3, -0.25) is 0 Å². The summed E-state index contributed by atoms with van der Waals surface area (Å²) in [4.78, 5) is 0. The largest absolute Gasteiger partial charge is 0.379 e. The van der Waals surface area contributed by atoms with E-state index in [9.17, 15) is 0 Å². The van der Waals surface area contributed by atoms with E-state index in [4.69, 9.17) is 10.5 Å². The van der Waals surface area contributed by atoms with Crippen molar-refractivity contribution in [2.45, 2.75) is 64.5 Å². The minimum atomic E-state index is 0.0789. The molecule has 0 aliphatic heterocycles. The van der Waals surface area contributed by atoms with Gasteiger partial charge in [0.2, 0.25) is 0 Å². The molecular weight excluding hydrogens is 174 g/mol. The molecule has 0 aromatic heterocycles. The fourth-order valence-corrected chi connectivity index (χ4v) is 2.34. The Hall–Kier alpha value is -0.0800. The maximum absolute atomic E-state index is 6.33. The molecule has 2 N–H and O–H groups in total. The average molecular weight is 199 g/mol. The van der Waals surface area contributed by atoms with Crippen LogP contribution in [0.5, 0.6) is 0 Å². The summed E-state index contributed by atoms with van der Waals surface area (Å²) < 4.78 is 5.56. The van der Waals surface area contributed by atoms with Crippen molar-refractivity contribution in [1.82, 2.24) is 0 Å². The molecule has 2 unspecified atom stereocenters. The fraction of sp³-hybridized carbons (Fsp3) is 1.00. The molecule has 1 fully saturated rings. The van der Waals surface area contributed by atoms with Crippen LogP contribution in [0.25, 0.3) is 0 Å². The second kappa shape index (κ2) is 5.13. The highest BCUT2D eigenvalue weighted by molar-refractivity contribution is 4.92. The molecule has 2 heteroatoms. The molecule has 0 radical (unpaired) electrons. The van der Waals surface area contributed by atoms with E-state index in [1.54, 1.807) is 0 Å². The third-order valence-electron chi connectivity index (χ3n) is 3.37. The molecule has 14 heavy (non-hydrogen) atoms. The molecular formula is C12H25NO. The molecule has 0 spiro atoms. The molecule has 0 heterocycles. The Bertz CT molecular complexity index is 170. The van der Waals surface area contributed by atoms with Gasteiger partial charge in [-0.1, -0.05) is 13.3 Å². The van der Waals surface area contributed by atoms with E-state index in [1.807, 2.05) is 0 Å². The number of hydrogen-bond acceptors (Lipinski definition) is 2. The molecule has 1 aliphatic rings. The van der Waals surface area contributed by atoms with Gasteiger partial charge in [-0.05, 0) is 45.4 Å². The predicted molar refractivity (Wildman–Crippen MR) is 60.3 cm³/mol. The summed E-state index contributed by atoms with van der Waals surface area (Å²) in [6, 6.07) is 0. The Labute approximate surface area is 88.2 Å². The van der Waals surface area contributed by atoms with Crippen LogP contribution in [0.4, 0.5) is 0 Å². The van der Waals surface area contributed by atoms with Crippen molar-refractivity contribution in [3.8, 4) is 0 Å². The second-order valence-corrected chi connectivity index (χ2v) is 5.05. The molecule has 1 rings (SSSR count). The molecule has 84 valence electrons. The van der Waals surface area contributed by atoms with Crippen molar-refractivity contribution in [2.75, 3.05) is 6.61 Å². The van der Waals surface area contributed by atoms with Crippen LogP contribution in [0.1, 0.15) is 52.9 Å². The van der Waals surface area contributed by atoms with E-state index in [0.717, 1.165) is 18.9 Å². The first-order valence-corrected chi connectivity index (χ1v) is 5.96. The highest BCUT2D eigenvalue weighted by atomic mass is 16.5. The van der Waals surface area contributed by atoms with E-state index in [0.29, 0.717) is 6.10 Å². The minimum Gasteiger partial charge on any atom is -0.379 e. The SMILES string of the molecule is CCC1CCC(N)(CCOC(C)C)C1. The van der Waals surface area contributed by atoms with Gasteiger partial charge in [-0.2, -0.15) is 0 Å². The first-order chi connectivity index (χ1) is 6.56. The van der Waals surface area contributed by atoms with Crippen molar-refractivity contribution < 1.29 is 4.74 Å². The van der Waals surface area contributed by atoms with Crippen LogP contribution in [0.2, 0.25) is 0 Å². The number of nitrogens with two attached hydrogens (primary N) is 1. The smallest absolute Gasteiger partial charge is 0.0518 e. The quantitative estimate of drug-likeness (QED) is 0.739. The van der Waals surface area contributed by atoms with Gasteiger partial charge in [0.25, 0.3) is 0 Å². The highest BCUT2D eigenvalue weighted by Crippen LogP contribution is 2.36. The van der Waals surface area contributed by atoms with Gasteiger partial charge in [-0.25, -0.2) is 0 Å². The summed E-state index contributed by atoms with van der Waals surface area (Å²) in [6.45, 7) is 7.24. The van der Waals surface area contributed by atoms with Gasteiger partial charge in [-0.15, -0.1) is 0 Å². The molecule has 0 aromatic rings. The zero-order chi connectivity index (χ0) is 10.6. The van der Waals surface area contributed by atoms with Gasteiger partial charge in [0.05, 0.1) is 6.10 Å². The number of ether oxygens (including phenoxy) is 1. The molecule has 0 amide bonds. The maximum Gasteiger partial charge on any atom is 0.0518 e. The van der Waals surface area contributed by atoms with Crippen LogP contribution in [0.3, 0.4) is 0 Å². The Kier molecular flexibility index (Phi) is 4.39. The monoisotopic (exact) mass is 199 g/mol. The maximum atomic E-state index is 6.33. The molecule has 1 saturated carbocycles. The molecule has 2 nitrogen and oxygen atoms in total. The van der Waals surface area contributed by atoms with Crippen LogP contribution >= 0.6 is 0 Å². The first kappa shape index (κ1) is 12.0. The number of rotatable bonds is 5. The molecule has 2 atom stereocenters. The first-order valence-electron chi connectivity index (χ1n) is 5.96. The fourth-order valence-electron chi connectivity index (χ4n) is 2.34. The Balaban J connectivity index is 2.23.